The molecule has 6 nitrogen and oxygen atoms in total. The van der Waals surface area contributed by atoms with Crippen molar-refractivity contribution in [2.45, 2.75) is 38.8 Å². The fraction of sp³-hybridized carbons (Fsp3) is 0.400. The lowest BCUT2D eigenvalue weighted by Crippen LogP contribution is -2.49. The first-order chi connectivity index (χ1) is 10.0. The van der Waals surface area contributed by atoms with Crippen molar-refractivity contribution in [3.63, 3.8) is 0 Å². The van der Waals surface area contributed by atoms with Gasteiger partial charge >= 0.3 is 5.97 Å². The Labute approximate surface area is 123 Å². The molecule has 1 heterocycles. The van der Waals surface area contributed by atoms with E-state index in [4.69, 9.17) is 4.42 Å². The summed E-state index contributed by atoms with van der Waals surface area (Å²) < 4.78 is 5.55. The molecule has 0 aliphatic rings. The van der Waals surface area contributed by atoms with E-state index in [9.17, 15) is 9.90 Å². The van der Waals surface area contributed by atoms with Gasteiger partial charge in [0, 0.05) is 5.56 Å². The number of nitrogens with one attached hydrogen (secondary N) is 1. The minimum absolute atomic E-state index is 0.225. The number of hydrogen-bond acceptors (Lipinski definition) is 5. The molecular formula is C15H19N3O3. The van der Waals surface area contributed by atoms with Gasteiger partial charge in [-0.05, 0) is 25.5 Å². The molecule has 1 aromatic carbocycles. The third kappa shape index (κ3) is 3.66. The van der Waals surface area contributed by atoms with Crippen molar-refractivity contribution in [2.75, 3.05) is 0 Å². The molecule has 1 unspecified atom stereocenters. The zero-order valence-corrected chi connectivity index (χ0v) is 12.2. The van der Waals surface area contributed by atoms with Crippen molar-refractivity contribution in [1.82, 2.24) is 15.5 Å². The standard InChI is InChI=1S/C15H19N3O3/c1-3-9-15(2,14(19)20)16-10-12-17-18-13(21-12)11-7-5-4-6-8-11/h4-8,16H,3,9-10H2,1-2H3,(H,19,20). The van der Waals surface area contributed by atoms with Crippen LogP contribution < -0.4 is 5.32 Å². The molecular weight excluding hydrogens is 270 g/mol. The van der Waals surface area contributed by atoms with E-state index in [1.165, 1.54) is 0 Å². The number of carboxylic acid groups (broad SMARTS) is 1. The average Bonchev–Trinajstić information content (AvgIpc) is 2.95. The van der Waals surface area contributed by atoms with Crippen molar-refractivity contribution in [1.29, 1.82) is 0 Å². The summed E-state index contributed by atoms with van der Waals surface area (Å²) in [4.78, 5) is 11.3. The fourth-order valence-corrected chi connectivity index (χ4v) is 2.06. The van der Waals surface area contributed by atoms with E-state index in [-0.39, 0.29) is 6.54 Å². The molecule has 0 fully saturated rings. The minimum atomic E-state index is -0.990. The summed E-state index contributed by atoms with van der Waals surface area (Å²) in [6.07, 6.45) is 1.30. The predicted molar refractivity (Wildman–Crippen MR) is 77.5 cm³/mol. The molecule has 0 saturated carbocycles. The molecule has 0 radical (unpaired) electrons. The Balaban J connectivity index is 2.04. The normalized spacial score (nSPS) is 13.8. The highest BCUT2D eigenvalue weighted by molar-refractivity contribution is 5.78. The van der Waals surface area contributed by atoms with Gasteiger partial charge in [0.2, 0.25) is 11.8 Å². The van der Waals surface area contributed by atoms with Crippen molar-refractivity contribution in [2.24, 2.45) is 0 Å². The highest BCUT2D eigenvalue weighted by Crippen LogP contribution is 2.18. The Kier molecular flexibility index (Phi) is 4.70. The average molecular weight is 289 g/mol. The Hall–Kier alpha value is -2.21. The van der Waals surface area contributed by atoms with Crippen LogP contribution in [0.25, 0.3) is 11.5 Å². The van der Waals surface area contributed by atoms with E-state index >= 15 is 0 Å². The third-order valence-corrected chi connectivity index (χ3v) is 3.34. The van der Waals surface area contributed by atoms with Crippen LogP contribution in [0.3, 0.4) is 0 Å². The van der Waals surface area contributed by atoms with E-state index in [2.05, 4.69) is 15.5 Å². The number of carbonyl (C=O) groups is 1. The van der Waals surface area contributed by atoms with E-state index in [0.717, 1.165) is 12.0 Å². The van der Waals surface area contributed by atoms with Gasteiger partial charge in [-0.3, -0.25) is 10.1 Å². The molecule has 2 aromatic rings. The van der Waals surface area contributed by atoms with Crippen molar-refractivity contribution in [3.05, 3.63) is 36.2 Å². The molecule has 0 aliphatic carbocycles. The van der Waals surface area contributed by atoms with Crippen LogP contribution >= 0.6 is 0 Å². The molecule has 21 heavy (non-hydrogen) atoms. The maximum Gasteiger partial charge on any atom is 0.323 e. The molecule has 0 bridgehead atoms. The molecule has 2 N–H and O–H groups in total. The van der Waals surface area contributed by atoms with Gasteiger partial charge in [0.25, 0.3) is 0 Å². The Bertz CT molecular complexity index is 597. The lowest BCUT2D eigenvalue weighted by Gasteiger charge is -2.24. The first-order valence-electron chi connectivity index (χ1n) is 6.91. The lowest BCUT2D eigenvalue weighted by molar-refractivity contribution is -0.144. The smallest absolute Gasteiger partial charge is 0.323 e. The number of benzene rings is 1. The van der Waals surface area contributed by atoms with Crippen LogP contribution in [-0.4, -0.2) is 26.8 Å². The number of nitrogens with zero attached hydrogens (tertiary/aromatic N) is 2. The largest absolute Gasteiger partial charge is 0.480 e. The minimum Gasteiger partial charge on any atom is -0.480 e. The van der Waals surface area contributed by atoms with Gasteiger partial charge in [0.1, 0.15) is 5.54 Å². The summed E-state index contributed by atoms with van der Waals surface area (Å²) >= 11 is 0. The van der Waals surface area contributed by atoms with Crippen LogP contribution in [0.5, 0.6) is 0 Å². The Morgan fingerprint density at radius 2 is 2.05 bits per heavy atom. The SMILES string of the molecule is CCCC(C)(NCc1nnc(-c2ccccc2)o1)C(=O)O. The van der Waals surface area contributed by atoms with Crippen molar-refractivity contribution < 1.29 is 14.3 Å². The second-order valence-electron chi connectivity index (χ2n) is 5.11. The summed E-state index contributed by atoms with van der Waals surface area (Å²) in [5, 5.41) is 20.2. The van der Waals surface area contributed by atoms with E-state index in [0.29, 0.717) is 18.2 Å². The second-order valence-corrected chi connectivity index (χ2v) is 5.11. The quantitative estimate of drug-likeness (QED) is 0.814. The van der Waals surface area contributed by atoms with Crippen LogP contribution in [0.2, 0.25) is 0 Å². The highest BCUT2D eigenvalue weighted by atomic mass is 16.4. The van der Waals surface area contributed by atoms with Gasteiger partial charge in [-0.1, -0.05) is 31.5 Å². The monoisotopic (exact) mass is 289 g/mol. The third-order valence-electron chi connectivity index (χ3n) is 3.34. The summed E-state index contributed by atoms with van der Waals surface area (Å²) in [5.41, 5.74) is -0.151. The van der Waals surface area contributed by atoms with Crippen LogP contribution in [0.1, 0.15) is 32.6 Å². The molecule has 1 atom stereocenters. The number of aliphatic carboxylic acids is 1. The van der Waals surface area contributed by atoms with Crippen LogP contribution in [0.4, 0.5) is 0 Å². The summed E-state index contributed by atoms with van der Waals surface area (Å²) in [6.45, 7) is 3.83. The van der Waals surface area contributed by atoms with Gasteiger partial charge in [0.15, 0.2) is 0 Å². The number of hydrogen-bond donors (Lipinski definition) is 2. The zero-order chi connectivity index (χ0) is 15.3. The molecule has 0 amide bonds. The first kappa shape index (κ1) is 15.2. The number of aromatic nitrogens is 2. The summed E-state index contributed by atoms with van der Waals surface area (Å²) in [7, 11) is 0. The van der Waals surface area contributed by atoms with Crippen molar-refractivity contribution in [3.8, 4) is 11.5 Å². The van der Waals surface area contributed by atoms with E-state index < -0.39 is 11.5 Å². The summed E-state index contributed by atoms with van der Waals surface area (Å²) in [5.74, 6) is -0.0792. The van der Waals surface area contributed by atoms with E-state index in [1.54, 1.807) is 6.92 Å². The Morgan fingerprint density at radius 3 is 2.67 bits per heavy atom. The second kappa shape index (κ2) is 6.49. The lowest BCUT2D eigenvalue weighted by atomic mass is 9.96. The Morgan fingerprint density at radius 1 is 1.33 bits per heavy atom. The zero-order valence-electron chi connectivity index (χ0n) is 12.2. The summed E-state index contributed by atoms with van der Waals surface area (Å²) in [6, 6.07) is 9.44. The van der Waals surface area contributed by atoms with Gasteiger partial charge in [-0.25, -0.2) is 0 Å². The van der Waals surface area contributed by atoms with Gasteiger partial charge in [-0.2, -0.15) is 0 Å². The molecule has 0 spiro atoms. The molecule has 112 valence electrons. The molecule has 0 saturated heterocycles. The van der Waals surface area contributed by atoms with Crippen molar-refractivity contribution >= 4 is 5.97 Å². The van der Waals surface area contributed by atoms with Gasteiger partial charge in [-0.15, -0.1) is 10.2 Å². The molecule has 6 heteroatoms. The molecule has 2 rings (SSSR count). The van der Waals surface area contributed by atoms with Crippen LogP contribution in [-0.2, 0) is 11.3 Å². The molecule has 1 aromatic heterocycles. The predicted octanol–water partition coefficient (Wildman–Crippen LogP) is 2.47. The fourth-order valence-electron chi connectivity index (χ4n) is 2.06. The van der Waals surface area contributed by atoms with Gasteiger partial charge in [0.05, 0.1) is 6.54 Å². The van der Waals surface area contributed by atoms with Crippen LogP contribution in [0.15, 0.2) is 34.7 Å². The van der Waals surface area contributed by atoms with Gasteiger partial charge < -0.3 is 9.52 Å². The number of rotatable bonds is 7. The topological polar surface area (TPSA) is 88.3 Å². The molecule has 0 aliphatic heterocycles. The number of carboxylic acids is 1. The van der Waals surface area contributed by atoms with E-state index in [1.807, 2.05) is 37.3 Å². The maximum atomic E-state index is 11.3. The first-order valence-corrected chi connectivity index (χ1v) is 6.91. The highest BCUT2D eigenvalue weighted by Gasteiger charge is 2.31. The maximum absolute atomic E-state index is 11.3. The van der Waals surface area contributed by atoms with Crippen LogP contribution in [0, 0.1) is 0 Å².